The zero-order valence-electron chi connectivity index (χ0n) is 11.5. The molecule has 0 bridgehead atoms. The van der Waals surface area contributed by atoms with Crippen LogP contribution in [0.2, 0.25) is 0 Å². The van der Waals surface area contributed by atoms with Crippen LogP contribution in [-0.4, -0.2) is 25.7 Å². The minimum absolute atomic E-state index is 0.141. The monoisotopic (exact) mass is 290 g/mol. The largest absolute Gasteiger partial charge is 0.502 e. The molecular formula is C13H14N4O4. The van der Waals surface area contributed by atoms with Crippen LogP contribution in [0.1, 0.15) is 30.2 Å². The van der Waals surface area contributed by atoms with E-state index in [2.05, 4.69) is 10.4 Å². The Kier molecular flexibility index (Phi) is 3.88. The number of aromatic hydroxyl groups is 1. The van der Waals surface area contributed by atoms with Crippen molar-refractivity contribution in [3.63, 3.8) is 0 Å². The molecule has 1 aromatic carbocycles. The highest BCUT2D eigenvalue weighted by molar-refractivity contribution is 6.06. The highest BCUT2D eigenvalue weighted by Crippen LogP contribution is 2.29. The molecule has 0 saturated carbocycles. The number of nitrogens with one attached hydrogen (secondary N) is 1. The number of para-hydroxylation sites is 1. The van der Waals surface area contributed by atoms with Crippen molar-refractivity contribution in [2.45, 2.75) is 19.9 Å². The van der Waals surface area contributed by atoms with Crippen LogP contribution in [0, 0.1) is 10.1 Å². The Morgan fingerprint density at radius 1 is 1.48 bits per heavy atom. The fourth-order valence-corrected chi connectivity index (χ4v) is 1.75. The minimum atomic E-state index is -0.747. The molecule has 0 unspecified atom stereocenters. The van der Waals surface area contributed by atoms with Crippen molar-refractivity contribution in [2.75, 3.05) is 5.32 Å². The summed E-state index contributed by atoms with van der Waals surface area (Å²) >= 11 is 0. The van der Waals surface area contributed by atoms with Gasteiger partial charge in [0.05, 0.1) is 22.4 Å². The number of nitro groups is 1. The number of carbonyl (C=O) groups is 1. The van der Waals surface area contributed by atoms with Gasteiger partial charge in [-0.25, -0.2) is 0 Å². The Morgan fingerprint density at radius 2 is 2.19 bits per heavy atom. The number of aromatic nitrogens is 2. The van der Waals surface area contributed by atoms with Crippen molar-refractivity contribution in [2.24, 2.45) is 0 Å². The number of hydrogen-bond acceptors (Lipinski definition) is 5. The first-order chi connectivity index (χ1) is 9.90. The Hall–Kier alpha value is -2.90. The van der Waals surface area contributed by atoms with Gasteiger partial charge in [-0.1, -0.05) is 6.07 Å². The van der Waals surface area contributed by atoms with Crippen LogP contribution in [0.4, 0.5) is 11.4 Å². The molecule has 0 aliphatic carbocycles. The summed E-state index contributed by atoms with van der Waals surface area (Å²) in [7, 11) is 0. The molecule has 2 aromatic rings. The lowest BCUT2D eigenvalue weighted by Crippen LogP contribution is -2.12. The molecule has 0 fully saturated rings. The third-order valence-corrected chi connectivity index (χ3v) is 2.84. The highest BCUT2D eigenvalue weighted by Gasteiger charge is 2.21. The van der Waals surface area contributed by atoms with Crippen LogP contribution in [0.15, 0.2) is 30.6 Å². The van der Waals surface area contributed by atoms with E-state index >= 15 is 0 Å². The predicted molar refractivity (Wildman–Crippen MR) is 75.3 cm³/mol. The normalized spacial score (nSPS) is 10.6. The molecule has 0 atom stereocenters. The number of benzene rings is 1. The second kappa shape index (κ2) is 5.61. The van der Waals surface area contributed by atoms with Gasteiger partial charge in [-0.15, -0.1) is 0 Å². The molecule has 0 aliphatic heterocycles. The minimum Gasteiger partial charge on any atom is -0.502 e. The maximum Gasteiger partial charge on any atom is 0.311 e. The van der Waals surface area contributed by atoms with Crippen molar-refractivity contribution < 1.29 is 14.8 Å². The number of anilines is 1. The zero-order valence-corrected chi connectivity index (χ0v) is 11.5. The van der Waals surface area contributed by atoms with Crippen molar-refractivity contribution in [3.05, 3.63) is 46.3 Å². The van der Waals surface area contributed by atoms with Crippen LogP contribution in [0.3, 0.4) is 0 Å². The lowest BCUT2D eigenvalue weighted by atomic mass is 10.1. The highest BCUT2D eigenvalue weighted by atomic mass is 16.6. The Balaban J connectivity index is 2.24. The van der Waals surface area contributed by atoms with Gasteiger partial charge in [0.25, 0.3) is 5.91 Å². The van der Waals surface area contributed by atoms with Gasteiger partial charge in [0, 0.05) is 18.3 Å². The Bertz CT molecular complexity index is 693. The third kappa shape index (κ3) is 2.99. The van der Waals surface area contributed by atoms with Crippen LogP contribution in [0.5, 0.6) is 5.75 Å². The smallest absolute Gasteiger partial charge is 0.311 e. The predicted octanol–water partition coefficient (Wildman–Crippen LogP) is 2.33. The number of hydrogen-bond donors (Lipinski definition) is 2. The number of phenols is 1. The van der Waals surface area contributed by atoms with Crippen molar-refractivity contribution in [3.8, 4) is 5.75 Å². The number of amides is 1. The summed E-state index contributed by atoms with van der Waals surface area (Å²) in [6, 6.07) is 3.92. The third-order valence-electron chi connectivity index (χ3n) is 2.84. The van der Waals surface area contributed by atoms with E-state index in [-0.39, 0.29) is 11.6 Å². The van der Waals surface area contributed by atoms with Gasteiger partial charge in [0.2, 0.25) is 5.75 Å². The molecule has 8 nitrogen and oxygen atoms in total. The summed E-state index contributed by atoms with van der Waals surface area (Å²) in [5.74, 6) is -1.30. The van der Waals surface area contributed by atoms with E-state index < -0.39 is 22.3 Å². The molecule has 8 heteroatoms. The number of phenolic OH excluding ortho intramolecular Hbond substituents is 1. The topological polar surface area (TPSA) is 110 Å². The van der Waals surface area contributed by atoms with Gasteiger partial charge in [-0.3, -0.25) is 19.6 Å². The molecule has 21 heavy (non-hydrogen) atoms. The number of rotatable bonds is 4. The fourth-order valence-electron chi connectivity index (χ4n) is 1.75. The number of nitro benzene ring substituents is 1. The van der Waals surface area contributed by atoms with Crippen LogP contribution in [0.25, 0.3) is 0 Å². The molecular weight excluding hydrogens is 276 g/mol. The van der Waals surface area contributed by atoms with Crippen LogP contribution >= 0.6 is 0 Å². The number of carbonyl (C=O) groups excluding carboxylic acids is 1. The van der Waals surface area contributed by atoms with E-state index in [1.807, 2.05) is 13.8 Å². The second-order valence-corrected chi connectivity index (χ2v) is 4.69. The van der Waals surface area contributed by atoms with E-state index in [0.29, 0.717) is 5.69 Å². The van der Waals surface area contributed by atoms with Gasteiger partial charge in [0.1, 0.15) is 0 Å². The summed E-state index contributed by atoms with van der Waals surface area (Å²) < 4.78 is 1.66. The molecule has 1 amide bonds. The van der Waals surface area contributed by atoms with Crippen molar-refractivity contribution in [1.29, 1.82) is 0 Å². The molecule has 2 rings (SSSR count). The molecule has 0 aliphatic rings. The molecule has 110 valence electrons. The summed E-state index contributed by atoms with van der Waals surface area (Å²) in [5, 5.41) is 27.1. The maximum atomic E-state index is 12.1. The molecule has 0 saturated heterocycles. The molecule has 1 heterocycles. The molecule has 0 radical (unpaired) electrons. The van der Waals surface area contributed by atoms with Gasteiger partial charge < -0.3 is 10.4 Å². The Morgan fingerprint density at radius 3 is 2.76 bits per heavy atom. The first-order valence-corrected chi connectivity index (χ1v) is 6.22. The standard InChI is InChI=1S/C13H14N4O4/c1-8(2)16-7-9(6-14-16)15-13(19)10-4-3-5-11(12(10)18)17(20)21/h3-8,18H,1-2H3,(H,15,19). The van der Waals surface area contributed by atoms with E-state index in [1.54, 1.807) is 10.9 Å². The zero-order chi connectivity index (χ0) is 15.6. The molecule has 0 spiro atoms. The summed E-state index contributed by atoms with van der Waals surface area (Å²) in [6.07, 6.45) is 3.10. The van der Waals surface area contributed by atoms with Crippen LogP contribution < -0.4 is 5.32 Å². The lowest BCUT2D eigenvalue weighted by Gasteiger charge is -2.05. The summed E-state index contributed by atoms with van der Waals surface area (Å²) in [4.78, 5) is 22.0. The van der Waals surface area contributed by atoms with E-state index in [4.69, 9.17) is 0 Å². The van der Waals surface area contributed by atoms with E-state index in [1.165, 1.54) is 18.3 Å². The van der Waals surface area contributed by atoms with E-state index in [0.717, 1.165) is 6.07 Å². The lowest BCUT2D eigenvalue weighted by molar-refractivity contribution is -0.385. The van der Waals surface area contributed by atoms with Gasteiger partial charge in [0.15, 0.2) is 0 Å². The Labute approximate surface area is 120 Å². The average molecular weight is 290 g/mol. The quantitative estimate of drug-likeness (QED) is 0.663. The van der Waals surface area contributed by atoms with Crippen molar-refractivity contribution in [1.82, 2.24) is 9.78 Å². The van der Waals surface area contributed by atoms with Crippen LogP contribution in [-0.2, 0) is 0 Å². The second-order valence-electron chi connectivity index (χ2n) is 4.69. The SMILES string of the molecule is CC(C)n1cc(NC(=O)c2cccc([N+](=O)[O-])c2O)cn1. The number of nitrogens with zero attached hydrogens (tertiary/aromatic N) is 3. The first kappa shape index (κ1) is 14.5. The van der Waals surface area contributed by atoms with E-state index in [9.17, 15) is 20.0 Å². The molecule has 1 aromatic heterocycles. The van der Waals surface area contributed by atoms with Crippen molar-refractivity contribution >= 4 is 17.3 Å². The maximum absolute atomic E-state index is 12.1. The molecule has 2 N–H and O–H groups in total. The summed E-state index contributed by atoms with van der Waals surface area (Å²) in [6.45, 7) is 3.87. The average Bonchev–Trinajstić information content (AvgIpc) is 2.87. The van der Waals surface area contributed by atoms with Gasteiger partial charge >= 0.3 is 5.69 Å². The first-order valence-electron chi connectivity index (χ1n) is 6.22. The van der Waals surface area contributed by atoms with Gasteiger partial charge in [-0.2, -0.15) is 5.10 Å². The van der Waals surface area contributed by atoms with Gasteiger partial charge in [-0.05, 0) is 19.9 Å². The fraction of sp³-hybridized carbons (Fsp3) is 0.231. The summed E-state index contributed by atoms with van der Waals surface area (Å²) in [5.41, 5.74) is -0.235.